The number of aromatic nitrogens is 4. The summed E-state index contributed by atoms with van der Waals surface area (Å²) >= 11 is 0. The number of H-pyrrole nitrogens is 1. The van der Waals surface area contributed by atoms with E-state index in [2.05, 4.69) is 33.3 Å². The number of hydrogen-bond acceptors (Lipinski definition) is 3. The molecule has 3 aromatic rings. The predicted octanol–water partition coefficient (Wildman–Crippen LogP) is 2.73. The molecule has 3 heterocycles. The van der Waals surface area contributed by atoms with E-state index in [0.29, 0.717) is 13.0 Å². The van der Waals surface area contributed by atoms with E-state index in [9.17, 15) is 4.79 Å². The number of nitrogens with zero attached hydrogens (tertiary/aromatic N) is 3. The molecule has 116 valence electrons. The third-order valence-corrected chi connectivity index (χ3v) is 4.33. The quantitative estimate of drug-likeness (QED) is 0.731. The van der Waals surface area contributed by atoms with E-state index in [0.717, 1.165) is 33.4 Å². The first-order valence-corrected chi connectivity index (χ1v) is 7.57. The molecule has 0 saturated carbocycles. The topological polar surface area (TPSA) is 75.6 Å². The van der Waals surface area contributed by atoms with Crippen molar-refractivity contribution in [2.24, 2.45) is 0 Å². The molecule has 0 radical (unpaired) electrons. The summed E-state index contributed by atoms with van der Waals surface area (Å²) in [6.45, 7) is 6.39. The van der Waals surface area contributed by atoms with Gasteiger partial charge in [0.15, 0.2) is 0 Å². The van der Waals surface area contributed by atoms with Crippen molar-refractivity contribution in [1.29, 1.82) is 0 Å². The predicted molar refractivity (Wildman–Crippen MR) is 88.3 cm³/mol. The second kappa shape index (κ2) is 5.08. The van der Waals surface area contributed by atoms with Gasteiger partial charge in [0.2, 0.25) is 5.91 Å². The van der Waals surface area contributed by atoms with Crippen LogP contribution in [0.3, 0.4) is 0 Å². The molecule has 0 saturated heterocycles. The van der Waals surface area contributed by atoms with Crippen LogP contribution >= 0.6 is 0 Å². The first-order valence-electron chi connectivity index (χ1n) is 7.57. The molecule has 1 aliphatic rings. The number of aromatic amines is 1. The third kappa shape index (κ3) is 2.23. The van der Waals surface area contributed by atoms with Gasteiger partial charge in [-0.2, -0.15) is 10.2 Å². The van der Waals surface area contributed by atoms with Crippen molar-refractivity contribution in [3.8, 4) is 0 Å². The van der Waals surface area contributed by atoms with Gasteiger partial charge in [-0.3, -0.25) is 14.6 Å². The van der Waals surface area contributed by atoms with Crippen molar-refractivity contribution >= 4 is 22.5 Å². The molecule has 2 N–H and O–H groups in total. The van der Waals surface area contributed by atoms with Crippen molar-refractivity contribution in [3.63, 3.8) is 0 Å². The Morgan fingerprint density at radius 1 is 1.43 bits per heavy atom. The molecule has 1 aliphatic heterocycles. The van der Waals surface area contributed by atoms with Gasteiger partial charge in [0.25, 0.3) is 0 Å². The van der Waals surface area contributed by atoms with Crippen LogP contribution < -0.4 is 5.32 Å². The molecule has 0 fully saturated rings. The standard InChI is InChI=1S/C17H17N5O/c1-3-4-22-9-14(10(2)21-22)12-6-17(23)19-16-7-15-11(5-13(12)16)8-18-20-15/h3,5,7-9,12H,1,4,6H2,2H3,(H,18,20)(H,19,23)/t12-/m0/s1. The molecule has 6 heteroatoms. The van der Waals surface area contributed by atoms with Gasteiger partial charge in [-0.15, -0.1) is 6.58 Å². The number of benzene rings is 1. The van der Waals surface area contributed by atoms with Gasteiger partial charge in [-0.1, -0.05) is 6.08 Å². The Kier molecular flexibility index (Phi) is 3.04. The molecule has 4 rings (SSSR count). The maximum atomic E-state index is 12.1. The lowest BCUT2D eigenvalue weighted by atomic mass is 9.84. The Labute approximate surface area is 133 Å². The minimum atomic E-state index is 0.0108. The van der Waals surface area contributed by atoms with E-state index < -0.39 is 0 Å². The summed E-state index contributed by atoms with van der Waals surface area (Å²) in [5, 5.41) is 15.5. The number of anilines is 1. The summed E-state index contributed by atoms with van der Waals surface area (Å²) < 4.78 is 1.86. The van der Waals surface area contributed by atoms with Crippen molar-refractivity contribution in [3.05, 3.63) is 54.0 Å². The smallest absolute Gasteiger partial charge is 0.225 e. The zero-order valence-corrected chi connectivity index (χ0v) is 12.8. The molecular weight excluding hydrogens is 290 g/mol. The molecule has 23 heavy (non-hydrogen) atoms. The minimum Gasteiger partial charge on any atom is -0.326 e. The number of amides is 1. The summed E-state index contributed by atoms with van der Waals surface area (Å²) in [6, 6.07) is 4.05. The highest BCUT2D eigenvalue weighted by Crippen LogP contribution is 2.39. The fraction of sp³-hybridized carbons (Fsp3) is 0.235. The number of nitrogens with one attached hydrogen (secondary N) is 2. The molecule has 6 nitrogen and oxygen atoms in total. The van der Waals surface area contributed by atoms with E-state index in [-0.39, 0.29) is 11.8 Å². The van der Waals surface area contributed by atoms with Gasteiger partial charge in [0, 0.05) is 35.2 Å². The van der Waals surface area contributed by atoms with Gasteiger partial charge in [-0.25, -0.2) is 0 Å². The Morgan fingerprint density at radius 2 is 2.30 bits per heavy atom. The zero-order valence-electron chi connectivity index (χ0n) is 12.8. The van der Waals surface area contributed by atoms with Crippen LogP contribution in [-0.2, 0) is 11.3 Å². The van der Waals surface area contributed by atoms with Crippen LogP contribution in [0.25, 0.3) is 10.9 Å². The SMILES string of the molecule is C=CCn1cc([C@H]2CC(=O)Nc3cc4[nH]ncc4cc32)c(C)n1. The number of carbonyl (C=O) groups is 1. The summed E-state index contributed by atoms with van der Waals surface area (Å²) in [6.07, 6.45) is 6.06. The van der Waals surface area contributed by atoms with E-state index in [1.807, 2.05) is 29.9 Å². The highest BCUT2D eigenvalue weighted by atomic mass is 16.1. The van der Waals surface area contributed by atoms with Crippen molar-refractivity contribution in [2.45, 2.75) is 25.8 Å². The van der Waals surface area contributed by atoms with Crippen LogP contribution in [-0.4, -0.2) is 25.9 Å². The Morgan fingerprint density at radius 3 is 3.13 bits per heavy atom. The lowest BCUT2D eigenvalue weighted by Crippen LogP contribution is -2.23. The maximum absolute atomic E-state index is 12.1. The van der Waals surface area contributed by atoms with Crippen LogP contribution in [0.4, 0.5) is 5.69 Å². The van der Waals surface area contributed by atoms with Crippen LogP contribution in [0.15, 0.2) is 37.2 Å². The summed E-state index contributed by atoms with van der Waals surface area (Å²) in [5.74, 6) is 0.0360. The van der Waals surface area contributed by atoms with Gasteiger partial charge in [-0.05, 0) is 24.6 Å². The highest BCUT2D eigenvalue weighted by Gasteiger charge is 2.29. The zero-order chi connectivity index (χ0) is 16.0. The minimum absolute atomic E-state index is 0.0108. The maximum Gasteiger partial charge on any atom is 0.225 e. The molecule has 2 aromatic heterocycles. The molecule has 1 amide bonds. The number of rotatable bonds is 3. The Hall–Kier alpha value is -2.89. The van der Waals surface area contributed by atoms with Gasteiger partial charge < -0.3 is 5.32 Å². The number of hydrogen-bond donors (Lipinski definition) is 2. The molecule has 0 aliphatic carbocycles. The molecule has 0 unspecified atom stereocenters. The summed E-state index contributed by atoms with van der Waals surface area (Å²) in [4.78, 5) is 12.1. The molecule has 1 aromatic carbocycles. The lowest BCUT2D eigenvalue weighted by molar-refractivity contribution is -0.116. The molecule has 1 atom stereocenters. The average Bonchev–Trinajstić information content (AvgIpc) is 3.10. The fourth-order valence-corrected chi connectivity index (χ4v) is 3.28. The van der Waals surface area contributed by atoms with Crippen LogP contribution in [0.2, 0.25) is 0 Å². The molecular formula is C17H17N5O. The van der Waals surface area contributed by atoms with Gasteiger partial charge in [0.05, 0.1) is 24.0 Å². The normalized spacial score (nSPS) is 17.1. The Balaban J connectivity index is 1.86. The summed E-state index contributed by atoms with van der Waals surface area (Å²) in [5.41, 5.74) is 4.91. The fourth-order valence-electron chi connectivity index (χ4n) is 3.28. The van der Waals surface area contributed by atoms with Crippen LogP contribution in [0.5, 0.6) is 0 Å². The number of fused-ring (bicyclic) bond motifs is 2. The van der Waals surface area contributed by atoms with Crippen molar-refractivity contribution < 1.29 is 4.79 Å². The first kappa shape index (κ1) is 13.8. The first-order chi connectivity index (χ1) is 11.2. The highest BCUT2D eigenvalue weighted by molar-refractivity contribution is 5.98. The Bertz CT molecular complexity index is 920. The second-order valence-electron chi connectivity index (χ2n) is 5.88. The number of carbonyl (C=O) groups excluding carboxylic acids is 1. The second-order valence-corrected chi connectivity index (χ2v) is 5.88. The monoisotopic (exact) mass is 307 g/mol. The van der Waals surface area contributed by atoms with Crippen molar-refractivity contribution in [2.75, 3.05) is 5.32 Å². The van der Waals surface area contributed by atoms with Crippen LogP contribution in [0, 0.1) is 6.92 Å². The number of aryl methyl sites for hydroxylation is 1. The van der Waals surface area contributed by atoms with E-state index >= 15 is 0 Å². The van der Waals surface area contributed by atoms with E-state index in [4.69, 9.17) is 0 Å². The van der Waals surface area contributed by atoms with Gasteiger partial charge >= 0.3 is 0 Å². The van der Waals surface area contributed by atoms with Crippen molar-refractivity contribution in [1.82, 2.24) is 20.0 Å². The average molecular weight is 307 g/mol. The number of allylic oxidation sites excluding steroid dienone is 1. The largest absolute Gasteiger partial charge is 0.326 e. The van der Waals surface area contributed by atoms with E-state index in [1.54, 1.807) is 6.20 Å². The molecule has 0 spiro atoms. The van der Waals surface area contributed by atoms with Crippen LogP contribution in [0.1, 0.15) is 29.2 Å². The van der Waals surface area contributed by atoms with E-state index in [1.165, 1.54) is 0 Å². The lowest BCUT2D eigenvalue weighted by Gasteiger charge is -2.25. The summed E-state index contributed by atoms with van der Waals surface area (Å²) in [7, 11) is 0. The van der Waals surface area contributed by atoms with Gasteiger partial charge in [0.1, 0.15) is 0 Å². The third-order valence-electron chi connectivity index (χ3n) is 4.33. The molecule has 0 bridgehead atoms.